The molecule has 0 radical (unpaired) electrons. The van der Waals surface area contributed by atoms with Gasteiger partial charge in [-0.1, -0.05) is 30.7 Å². The van der Waals surface area contributed by atoms with Crippen LogP contribution in [0.2, 0.25) is 5.02 Å². The van der Waals surface area contributed by atoms with Gasteiger partial charge in [0.25, 0.3) is 0 Å². The van der Waals surface area contributed by atoms with Crippen LogP contribution in [0.25, 0.3) is 0 Å². The van der Waals surface area contributed by atoms with Gasteiger partial charge in [0, 0.05) is 23.5 Å². The molecule has 98 valence electrons. The van der Waals surface area contributed by atoms with Crippen LogP contribution in [0.5, 0.6) is 0 Å². The molecule has 2 unspecified atom stereocenters. The number of amides is 1. The number of hydrogen-bond donors (Lipinski definition) is 0. The van der Waals surface area contributed by atoms with Gasteiger partial charge in [-0.3, -0.25) is 4.79 Å². The van der Waals surface area contributed by atoms with Gasteiger partial charge in [-0.05, 0) is 30.0 Å². The molecule has 2 rings (SSSR count). The van der Waals surface area contributed by atoms with Crippen molar-refractivity contribution in [3.8, 4) is 0 Å². The van der Waals surface area contributed by atoms with Crippen molar-refractivity contribution in [2.75, 3.05) is 13.1 Å². The number of rotatable bonds is 2. The Bertz CT molecular complexity index is 418. The lowest BCUT2D eigenvalue weighted by Gasteiger charge is -2.34. The predicted octanol–water partition coefficient (Wildman–Crippen LogP) is 3.36. The number of halogens is 2. The van der Waals surface area contributed by atoms with Crippen molar-refractivity contribution < 1.29 is 4.79 Å². The second kappa shape index (κ2) is 5.94. The average Bonchev–Trinajstić information content (AvgIpc) is 2.35. The molecular weight excluding hydrogens is 269 g/mol. The van der Waals surface area contributed by atoms with E-state index in [-0.39, 0.29) is 11.3 Å². The van der Waals surface area contributed by atoms with E-state index in [9.17, 15) is 4.79 Å². The van der Waals surface area contributed by atoms with Crippen molar-refractivity contribution in [1.82, 2.24) is 4.90 Å². The summed E-state index contributed by atoms with van der Waals surface area (Å²) in [5, 5.41) is 0.896. The van der Waals surface area contributed by atoms with Gasteiger partial charge in [0.05, 0.1) is 6.42 Å². The van der Waals surface area contributed by atoms with Crippen molar-refractivity contribution in [3.05, 3.63) is 34.9 Å². The van der Waals surface area contributed by atoms with Gasteiger partial charge in [-0.15, -0.1) is 11.6 Å². The van der Waals surface area contributed by atoms with Gasteiger partial charge in [-0.25, -0.2) is 0 Å². The number of hydrogen-bond acceptors (Lipinski definition) is 1. The van der Waals surface area contributed by atoms with Crippen molar-refractivity contribution in [2.45, 2.75) is 25.1 Å². The van der Waals surface area contributed by atoms with E-state index >= 15 is 0 Å². The summed E-state index contributed by atoms with van der Waals surface area (Å²) in [6.45, 7) is 3.63. The van der Waals surface area contributed by atoms with Gasteiger partial charge in [0.15, 0.2) is 0 Å². The Kier molecular flexibility index (Phi) is 4.52. The molecule has 0 saturated carbocycles. The lowest BCUT2D eigenvalue weighted by molar-refractivity contribution is -0.132. The second-order valence-corrected chi connectivity index (χ2v) is 5.92. The van der Waals surface area contributed by atoms with Crippen LogP contribution in [0.1, 0.15) is 18.9 Å². The Labute approximate surface area is 118 Å². The third-order valence-corrected chi connectivity index (χ3v) is 4.32. The van der Waals surface area contributed by atoms with Crippen LogP contribution in [-0.4, -0.2) is 29.3 Å². The summed E-state index contributed by atoms with van der Waals surface area (Å²) in [6, 6.07) is 7.44. The highest BCUT2D eigenvalue weighted by molar-refractivity contribution is 6.30. The molecule has 1 aromatic carbocycles. The largest absolute Gasteiger partial charge is 0.342 e. The Morgan fingerprint density at radius 1 is 1.39 bits per heavy atom. The summed E-state index contributed by atoms with van der Waals surface area (Å²) in [4.78, 5) is 14.1. The molecular formula is C14H17Cl2NO. The SMILES string of the molecule is CC1CN(C(=O)Cc2ccc(Cl)cc2)CCC1Cl. The minimum absolute atomic E-state index is 0.174. The molecule has 4 heteroatoms. The normalized spacial score (nSPS) is 24.1. The smallest absolute Gasteiger partial charge is 0.226 e. The molecule has 0 spiro atoms. The Balaban J connectivity index is 1.94. The first kappa shape index (κ1) is 13.7. The third-order valence-electron chi connectivity index (χ3n) is 3.42. The fourth-order valence-electron chi connectivity index (χ4n) is 2.23. The van der Waals surface area contributed by atoms with Gasteiger partial charge in [0.1, 0.15) is 0 Å². The number of carbonyl (C=O) groups is 1. The molecule has 1 amide bonds. The zero-order valence-corrected chi connectivity index (χ0v) is 11.9. The molecule has 2 atom stereocenters. The highest BCUT2D eigenvalue weighted by Gasteiger charge is 2.26. The zero-order valence-electron chi connectivity index (χ0n) is 10.4. The van der Waals surface area contributed by atoms with E-state index in [4.69, 9.17) is 23.2 Å². The number of likely N-dealkylation sites (tertiary alicyclic amines) is 1. The molecule has 0 bridgehead atoms. The second-order valence-electron chi connectivity index (χ2n) is 4.92. The van der Waals surface area contributed by atoms with Crippen molar-refractivity contribution in [2.24, 2.45) is 5.92 Å². The third kappa shape index (κ3) is 3.39. The van der Waals surface area contributed by atoms with Crippen molar-refractivity contribution >= 4 is 29.1 Å². The molecule has 1 saturated heterocycles. The van der Waals surface area contributed by atoms with Gasteiger partial charge in [-0.2, -0.15) is 0 Å². The van der Waals surface area contributed by atoms with E-state index < -0.39 is 0 Å². The van der Waals surface area contributed by atoms with Crippen LogP contribution in [-0.2, 0) is 11.2 Å². The Hall–Kier alpha value is -0.730. The minimum atomic E-state index is 0.174. The molecule has 2 nitrogen and oxygen atoms in total. The summed E-state index contributed by atoms with van der Waals surface area (Å²) < 4.78 is 0. The fraction of sp³-hybridized carbons (Fsp3) is 0.500. The first-order chi connectivity index (χ1) is 8.56. The summed E-state index contributed by atoms with van der Waals surface area (Å²) >= 11 is 12.0. The van der Waals surface area contributed by atoms with Crippen LogP contribution in [0.15, 0.2) is 24.3 Å². The van der Waals surface area contributed by atoms with E-state index in [1.165, 1.54) is 0 Å². The van der Waals surface area contributed by atoms with Gasteiger partial charge < -0.3 is 4.90 Å². The molecule has 1 aromatic rings. The maximum atomic E-state index is 12.2. The monoisotopic (exact) mass is 285 g/mol. The average molecular weight is 286 g/mol. The summed E-state index contributed by atoms with van der Waals surface area (Å²) in [5.74, 6) is 0.544. The Morgan fingerprint density at radius 2 is 2.06 bits per heavy atom. The first-order valence-corrected chi connectivity index (χ1v) is 7.04. The molecule has 1 aliphatic heterocycles. The highest BCUT2D eigenvalue weighted by atomic mass is 35.5. The molecule has 1 fully saturated rings. The van der Waals surface area contributed by atoms with Crippen molar-refractivity contribution in [3.63, 3.8) is 0 Å². The lowest BCUT2D eigenvalue weighted by atomic mass is 9.99. The number of alkyl halides is 1. The van der Waals surface area contributed by atoms with E-state index in [1.54, 1.807) is 0 Å². The van der Waals surface area contributed by atoms with E-state index in [1.807, 2.05) is 29.2 Å². The molecule has 0 aliphatic carbocycles. The predicted molar refractivity (Wildman–Crippen MR) is 75.2 cm³/mol. The van der Waals surface area contributed by atoms with E-state index in [2.05, 4.69) is 6.92 Å². The van der Waals surface area contributed by atoms with Crippen LogP contribution in [0.3, 0.4) is 0 Å². The van der Waals surface area contributed by atoms with Crippen LogP contribution in [0.4, 0.5) is 0 Å². The van der Waals surface area contributed by atoms with Crippen LogP contribution >= 0.6 is 23.2 Å². The number of carbonyl (C=O) groups excluding carboxylic acids is 1. The molecule has 0 aromatic heterocycles. The summed E-state index contributed by atoms with van der Waals surface area (Å²) in [7, 11) is 0. The van der Waals surface area contributed by atoms with Crippen LogP contribution in [0, 0.1) is 5.92 Å². The zero-order chi connectivity index (χ0) is 13.1. The minimum Gasteiger partial charge on any atom is -0.342 e. The van der Waals surface area contributed by atoms with Crippen molar-refractivity contribution in [1.29, 1.82) is 0 Å². The fourth-order valence-corrected chi connectivity index (χ4v) is 2.54. The molecule has 0 N–H and O–H groups in total. The highest BCUT2D eigenvalue weighted by Crippen LogP contribution is 2.22. The Morgan fingerprint density at radius 3 is 2.67 bits per heavy atom. The lowest BCUT2D eigenvalue weighted by Crippen LogP contribution is -2.44. The number of benzene rings is 1. The van der Waals surface area contributed by atoms with Crippen LogP contribution < -0.4 is 0 Å². The maximum absolute atomic E-state index is 12.2. The topological polar surface area (TPSA) is 20.3 Å². The molecule has 1 heterocycles. The van der Waals surface area contributed by atoms with Gasteiger partial charge >= 0.3 is 0 Å². The maximum Gasteiger partial charge on any atom is 0.226 e. The molecule has 18 heavy (non-hydrogen) atoms. The molecule has 1 aliphatic rings. The van der Waals surface area contributed by atoms with Gasteiger partial charge in [0.2, 0.25) is 5.91 Å². The summed E-state index contributed by atoms with van der Waals surface area (Å²) in [5.41, 5.74) is 1.00. The number of nitrogens with zero attached hydrogens (tertiary/aromatic N) is 1. The quantitative estimate of drug-likeness (QED) is 0.763. The van der Waals surface area contributed by atoms with E-state index in [0.717, 1.165) is 25.1 Å². The summed E-state index contributed by atoms with van der Waals surface area (Å²) in [6.07, 6.45) is 1.33. The standard InChI is InChI=1S/C14H17Cl2NO/c1-10-9-17(7-6-13(10)16)14(18)8-11-2-4-12(15)5-3-11/h2-5,10,13H,6-9H2,1H3. The first-order valence-electron chi connectivity index (χ1n) is 6.22. The number of piperidine rings is 1. The van der Waals surface area contributed by atoms with E-state index in [0.29, 0.717) is 17.4 Å².